The van der Waals surface area contributed by atoms with E-state index in [-0.39, 0.29) is 34.2 Å². The van der Waals surface area contributed by atoms with Crippen LogP contribution >= 0.6 is 23.2 Å². The quantitative estimate of drug-likeness (QED) is 0.328. The first kappa shape index (κ1) is 25.6. The minimum absolute atomic E-state index is 0.166. The lowest BCUT2D eigenvalue weighted by Crippen LogP contribution is -2.47. The normalized spacial score (nSPS) is 15.9. The van der Waals surface area contributed by atoms with Crippen LogP contribution in [0.25, 0.3) is 0 Å². The van der Waals surface area contributed by atoms with Crippen molar-refractivity contribution in [3.8, 4) is 0 Å². The van der Waals surface area contributed by atoms with Crippen LogP contribution in [-0.2, 0) is 24.1 Å². The summed E-state index contributed by atoms with van der Waals surface area (Å²) in [7, 11) is 0. The molecular formula is C29H29Cl2N3O3. The molecule has 5 rings (SSSR count). The number of carboxylic acid groups (broad SMARTS) is 1. The van der Waals surface area contributed by atoms with Crippen molar-refractivity contribution < 1.29 is 14.7 Å². The van der Waals surface area contributed by atoms with Gasteiger partial charge < -0.3 is 15.3 Å². The highest BCUT2D eigenvalue weighted by atomic mass is 35.5. The van der Waals surface area contributed by atoms with E-state index in [9.17, 15) is 14.7 Å². The Kier molecular flexibility index (Phi) is 7.68. The molecule has 6 nitrogen and oxygen atoms in total. The number of carboxylic acids is 1. The zero-order valence-electron chi connectivity index (χ0n) is 20.4. The molecule has 0 radical (unpaired) electrons. The van der Waals surface area contributed by atoms with Crippen LogP contribution < -0.4 is 10.2 Å². The molecular weight excluding hydrogens is 509 g/mol. The van der Waals surface area contributed by atoms with Crippen LogP contribution in [0, 0.1) is 11.8 Å². The largest absolute Gasteiger partial charge is 0.481 e. The Morgan fingerprint density at radius 3 is 2.49 bits per heavy atom. The molecule has 37 heavy (non-hydrogen) atoms. The number of hydrogen-bond acceptors (Lipinski definition) is 5. The van der Waals surface area contributed by atoms with Crippen molar-refractivity contribution in [2.75, 3.05) is 29.9 Å². The number of fused-ring (bicyclic) bond motifs is 1. The maximum absolute atomic E-state index is 12.8. The van der Waals surface area contributed by atoms with Crippen molar-refractivity contribution in [3.63, 3.8) is 0 Å². The van der Waals surface area contributed by atoms with Crippen molar-refractivity contribution in [1.82, 2.24) is 4.98 Å². The molecule has 0 amide bonds. The number of rotatable bonds is 9. The fraction of sp³-hybridized carbons (Fsp3) is 0.345. The summed E-state index contributed by atoms with van der Waals surface area (Å²) < 4.78 is 0. The number of carbonyl (C=O) groups is 2. The van der Waals surface area contributed by atoms with E-state index in [2.05, 4.69) is 22.3 Å². The van der Waals surface area contributed by atoms with Crippen LogP contribution in [0.1, 0.15) is 40.0 Å². The Labute approximate surface area is 226 Å². The van der Waals surface area contributed by atoms with Gasteiger partial charge in [-0.15, -0.1) is 0 Å². The van der Waals surface area contributed by atoms with Crippen LogP contribution in [0.3, 0.4) is 0 Å². The van der Waals surface area contributed by atoms with Crippen molar-refractivity contribution in [1.29, 1.82) is 0 Å². The number of aromatic nitrogens is 1. The van der Waals surface area contributed by atoms with Gasteiger partial charge in [0.25, 0.3) is 0 Å². The van der Waals surface area contributed by atoms with Crippen LogP contribution in [0.5, 0.6) is 0 Å². The molecule has 1 fully saturated rings. The van der Waals surface area contributed by atoms with Gasteiger partial charge in [-0.2, -0.15) is 0 Å². The molecule has 2 aromatic carbocycles. The first-order valence-electron chi connectivity index (χ1n) is 12.6. The molecule has 1 aromatic heterocycles. The van der Waals surface area contributed by atoms with Crippen LogP contribution in [0.15, 0.2) is 54.6 Å². The second-order valence-electron chi connectivity index (χ2n) is 9.95. The summed E-state index contributed by atoms with van der Waals surface area (Å²) in [5, 5.41) is 13.6. The van der Waals surface area contributed by atoms with Gasteiger partial charge in [0.15, 0.2) is 5.78 Å². The molecule has 0 spiro atoms. The zero-order valence-corrected chi connectivity index (χ0v) is 21.9. The van der Waals surface area contributed by atoms with E-state index < -0.39 is 11.9 Å². The van der Waals surface area contributed by atoms with Gasteiger partial charge in [0.2, 0.25) is 0 Å². The van der Waals surface area contributed by atoms with E-state index in [1.807, 2.05) is 24.3 Å². The Morgan fingerprint density at radius 2 is 1.78 bits per heavy atom. The molecule has 1 saturated heterocycles. The van der Waals surface area contributed by atoms with Gasteiger partial charge in [-0.05, 0) is 73.1 Å². The summed E-state index contributed by atoms with van der Waals surface area (Å²) in [5.74, 6) is -0.634. The first-order chi connectivity index (χ1) is 17.9. The number of aryl methyl sites for hydroxylation is 1. The lowest BCUT2D eigenvalue weighted by molar-refractivity contribution is -0.141. The minimum atomic E-state index is -1.02. The van der Waals surface area contributed by atoms with E-state index in [4.69, 9.17) is 28.2 Å². The smallest absolute Gasteiger partial charge is 0.307 e. The molecule has 192 valence electrons. The topological polar surface area (TPSA) is 82.5 Å². The molecule has 2 N–H and O–H groups in total. The first-order valence-corrected chi connectivity index (χ1v) is 13.4. The SMILES string of the molecule is O=C(C[C@@H](Cc1ccc(N2CC(Cc3ccc4c(n3)NCCC4)C2)cc1)C(=O)O)c1c(Cl)cccc1Cl. The summed E-state index contributed by atoms with van der Waals surface area (Å²) in [6.07, 6.45) is 3.32. The average molecular weight is 538 g/mol. The van der Waals surface area contributed by atoms with Crippen LogP contribution in [0.4, 0.5) is 11.5 Å². The van der Waals surface area contributed by atoms with Gasteiger partial charge in [0.05, 0.1) is 21.5 Å². The van der Waals surface area contributed by atoms with Crippen molar-refractivity contribution in [2.24, 2.45) is 11.8 Å². The average Bonchev–Trinajstić information content (AvgIpc) is 2.86. The number of pyridine rings is 1. The number of nitrogens with one attached hydrogen (secondary N) is 1. The number of aliphatic carboxylic acids is 1. The zero-order chi connectivity index (χ0) is 25.9. The maximum Gasteiger partial charge on any atom is 0.307 e. The van der Waals surface area contributed by atoms with Crippen LogP contribution in [0.2, 0.25) is 10.0 Å². The molecule has 0 aliphatic carbocycles. The Morgan fingerprint density at radius 1 is 1.05 bits per heavy atom. The van der Waals surface area contributed by atoms with E-state index in [1.165, 1.54) is 5.56 Å². The molecule has 1 atom stereocenters. The van der Waals surface area contributed by atoms with Crippen molar-refractivity contribution in [2.45, 2.75) is 32.1 Å². The Hall–Kier alpha value is -3.09. The minimum Gasteiger partial charge on any atom is -0.481 e. The van der Waals surface area contributed by atoms with Crippen molar-refractivity contribution >= 4 is 46.5 Å². The molecule has 0 bridgehead atoms. The number of Topliss-reactive ketones (excluding diaryl/α,β-unsaturated/α-hetero) is 1. The summed E-state index contributed by atoms with van der Waals surface area (Å²) >= 11 is 12.3. The number of benzene rings is 2. The second-order valence-corrected chi connectivity index (χ2v) is 10.8. The maximum atomic E-state index is 12.8. The van der Waals surface area contributed by atoms with Crippen LogP contribution in [-0.4, -0.2) is 41.5 Å². The van der Waals surface area contributed by atoms with E-state index in [0.29, 0.717) is 5.92 Å². The predicted molar refractivity (Wildman–Crippen MR) is 147 cm³/mol. The molecule has 8 heteroatoms. The number of nitrogens with zero attached hydrogens (tertiary/aromatic N) is 2. The van der Waals surface area contributed by atoms with Gasteiger partial charge in [-0.3, -0.25) is 9.59 Å². The van der Waals surface area contributed by atoms with Gasteiger partial charge in [0, 0.05) is 37.4 Å². The third-order valence-corrected chi connectivity index (χ3v) is 7.84. The number of ketones is 1. The summed E-state index contributed by atoms with van der Waals surface area (Å²) in [4.78, 5) is 31.8. The summed E-state index contributed by atoms with van der Waals surface area (Å²) in [5.41, 5.74) is 4.62. The third kappa shape index (κ3) is 5.91. The highest BCUT2D eigenvalue weighted by Crippen LogP contribution is 2.30. The Balaban J connectivity index is 1.15. The predicted octanol–water partition coefficient (Wildman–Crippen LogP) is 5.94. The fourth-order valence-electron chi connectivity index (χ4n) is 5.15. The number of hydrogen-bond donors (Lipinski definition) is 2. The second kappa shape index (κ2) is 11.1. The fourth-order valence-corrected chi connectivity index (χ4v) is 5.76. The standard InChI is InChI=1S/C29H29Cl2N3O3/c30-24-4-1-5-25(31)27(24)26(35)15-21(29(36)37)13-18-6-10-23(11-7-18)34-16-19(17-34)14-22-9-8-20-3-2-12-32-28(20)33-22/h1,4-11,19,21H,2-3,12-17H2,(H,32,33)(H,36,37)/t21-/m1/s1. The van der Waals surface area contributed by atoms with Gasteiger partial charge in [0.1, 0.15) is 5.82 Å². The summed E-state index contributed by atoms with van der Waals surface area (Å²) in [6, 6.07) is 17.1. The molecule has 0 unspecified atom stereocenters. The lowest BCUT2D eigenvalue weighted by Gasteiger charge is -2.41. The Bertz CT molecular complexity index is 1290. The highest BCUT2D eigenvalue weighted by molar-refractivity contribution is 6.39. The van der Waals surface area contributed by atoms with Crippen molar-refractivity contribution in [3.05, 3.63) is 87.0 Å². The third-order valence-electron chi connectivity index (χ3n) is 7.21. The number of carbonyl (C=O) groups excluding carboxylic acids is 1. The monoisotopic (exact) mass is 537 g/mol. The molecule has 3 heterocycles. The summed E-state index contributed by atoms with van der Waals surface area (Å²) in [6.45, 7) is 2.93. The van der Waals surface area contributed by atoms with Gasteiger partial charge in [-0.1, -0.05) is 47.5 Å². The molecule has 3 aromatic rings. The number of anilines is 2. The molecule has 0 saturated carbocycles. The highest BCUT2D eigenvalue weighted by Gasteiger charge is 2.28. The molecule has 2 aliphatic rings. The van der Waals surface area contributed by atoms with E-state index in [1.54, 1.807) is 18.2 Å². The van der Waals surface area contributed by atoms with E-state index in [0.717, 1.165) is 61.7 Å². The lowest BCUT2D eigenvalue weighted by atomic mass is 9.91. The van der Waals surface area contributed by atoms with E-state index >= 15 is 0 Å². The molecule has 2 aliphatic heterocycles. The number of halogens is 2. The van der Waals surface area contributed by atoms with Gasteiger partial charge in [-0.25, -0.2) is 4.98 Å². The van der Waals surface area contributed by atoms with Gasteiger partial charge >= 0.3 is 5.97 Å².